The average molecular weight is 275 g/mol. The van der Waals surface area contributed by atoms with Crippen LogP contribution in [-0.4, -0.2) is 49.3 Å². The maximum absolute atomic E-state index is 12.0. The summed E-state index contributed by atoms with van der Waals surface area (Å²) in [5.41, 5.74) is 7.00. The van der Waals surface area contributed by atoms with Gasteiger partial charge in [0.25, 0.3) is 0 Å². The van der Waals surface area contributed by atoms with Crippen molar-refractivity contribution >= 4 is 11.8 Å². The number of carbonyl (C=O) groups is 1. The second-order valence-electron chi connectivity index (χ2n) is 5.57. The molecule has 1 aromatic carbocycles. The van der Waals surface area contributed by atoms with E-state index in [-0.39, 0.29) is 18.2 Å². The zero-order valence-electron chi connectivity index (χ0n) is 11.6. The number of anilines is 1. The summed E-state index contributed by atoms with van der Waals surface area (Å²) in [7, 11) is 0. The van der Waals surface area contributed by atoms with Gasteiger partial charge in [-0.2, -0.15) is 0 Å². The molecule has 2 N–H and O–H groups in total. The predicted molar refractivity (Wildman–Crippen MR) is 77.7 cm³/mol. The first-order valence-electron chi connectivity index (χ1n) is 7.23. The van der Waals surface area contributed by atoms with Crippen molar-refractivity contribution in [2.45, 2.75) is 25.0 Å². The minimum absolute atomic E-state index is 0.0143. The Balaban J connectivity index is 1.52. The fourth-order valence-corrected chi connectivity index (χ4v) is 2.87. The number of nitrogens with two attached hydrogens (primary N) is 1. The molecule has 2 aliphatic rings. The zero-order valence-corrected chi connectivity index (χ0v) is 11.6. The number of carbonyl (C=O) groups excluding carboxylic acids is 1. The largest absolute Gasteiger partial charge is 0.444 e. The highest BCUT2D eigenvalue weighted by molar-refractivity contribution is 5.68. The molecule has 1 amide bonds. The molecule has 2 aliphatic heterocycles. The molecular weight excluding hydrogens is 254 g/mol. The lowest BCUT2D eigenvalue weighted by Gasteiger charge is -2.21. The lowest BCUT2D eigenvalue weighted by Crippen LogP contribution is -2.35. The Morgan fingerprint density at radius 2 is 1.95 bits per heavy atom. The molecule has 0 spiro atoms. The lowest BCUT2D eigenvalue weighted by molar-refractivity contribution is 0.0772. The molecule has 0 saturated carbocycles. The van der Waals surface area contributed by atoms with Crippen LogP contribution >= 0.6 is 0 Å². The molecule has 0 aromatic heterocycles. The first-order chi connectivity index (χ1) is 9.72. The van der Waals surface area contributed by atoms with Gasteiger partial charge in [0.1, 0.15) is 6.10 Å². The summed E-state index contributed by atoms with van der Waals surface area (Å²) in [6.07, 6.45) is 1.54. The van der Waals surface area contributed by atoms with Gasteiger partial charge in [-0.05, 0) is 18.6 Å². The molecule has 2 atom stereocenters. The fourth-order valence-electron chi connectivity index (χ4n) is 2.87. The quantitative estimate of drug-likeness (QED) is 0.887. The highest BCUT2D eigenvalue weighted by Crippen LogP contribution is 2.22. The van der Waals surface area contributed by atoms with Crippen molar-refractivity contribution in [3.63, 3.8) is 0 Å². The van der Waals surface area contributed by atoms with E-state index in [4.69, 9.17) is 10.5 Å². The van der Waals surface area contributed by atoms with Gasteiger partial charge in [0.15, 0.2) is 0 Å². The van der Waals surface area contributed by atoms with E-state index in [0.29, 0.717) is 6.54 Å². The van der Waals surface area contributed by atoms with Crippen LogP contribution in [0.3, 0.4) is 0 Å². The van der Waals surface area contributed by atoms with Gasteiger partial charge in [0, 0.05) is 37.8 Å². The van der Waals surface area contributed by atoms with Crippen LogP contribution < -0.4 is 10.6 Å². The Labute approximate surface area is 119 Å². The third-order valence-corrected chi connectivity index (χ3v) is 4.02. The summed E-state index contributed by atoms with van der Waals surface area (Å²) in [6, 6.07) is 10.3. The summed E-state index contributed by atoms with van der Waals surface area (Å²) in [5.74, 6) is 0. The molecule has 2 heterocycles. The Hall–Kier alpha value is -1.75. The summed E-state index contributed by atoms with van der Waals surface area (Å²) in [4.78, 5) is 16.0. The molecule has 0 aliphatic carbocycles. The Kier molecular flexibility index (Phi) is 3.78. The molecule has 1 aromatic rings. The Morgan fingerprint density at radius 1 is 1.15 bits per heavy atom. The normalized spacial score (nSPS) is 26.1. The SMILES string of the molecule is N[C@@H]1CCN(C(=O)OC2CCN(c3ccccc3)C2)C1. The molecule has 5 nitrogen and oxygen atoms in total. The van der Waals surface area contributed by atoms with E-state index in [9.17, 15) is 4.79 Å². The first kappa shape index (κ1) is 13.2. The average Bonchev–Trinajstić information content (AvgIpc) is 3.09. The molecule has 0 bridgehead atoms. The Bertz CT molecular complexity index is 465. The smallest absolute Gasteiger partial charge is 0.410 e. The highest BCUT2D eigenvalue weighted by Gasteiger charge is 2.30. The van der Waals surface area contributed by atoms with Crippen molar-refractivity contribution in [3.05, 3.63) is 30.3 Å². The van der Waals surface area contributed by atoms with Crippen LogP contribution in [0, 0.1) is 0 Å². The number of nitrogens with zero attached hydrogens (tertiary/aromatic N) is 2. The third-order valence-electron chi connectivity index (χ3n) is 4.02. The molecule has 108 valence electrons. The van der Waals surface area contributed by atoms with Gasteiger partial charge < -0.3 is 20.3 Å². The van der Waals surface area contributed by atoms with E-state index in [1.54, 1.807) is 4.90 Å². The third kappa shape index (κ3) is 2.88. The number of amides is 1. The van der Waals surface area contributed by atoms with Crippen LogP contribution in [0.1, 0.15) is 12.8 Å². The van der Waals surface area contributed by atoms with Gasteiger partial charge in [-0.15, -0.1) is 0 Å². The van der Waals surface area contributed by atoms with E-state index in [0.717, 1.165) is 32.5 Å². The van der Waals surface area contributed by atoms with Crippen molar-refractivity contribution in [3.8, 4) is 0 Å². The maximum atomic E-state index is 12.0. The number of para-hydroxylation sites is 1. The van der Waals surface area contributed by atoms with Crippen LogP contribution in [0.2, 0.25) is 0 Å². The number of hydrogen-bond donors (Lipinski definition) is 1. The van der Waals surface area contributed by atoms with Crippen molar-refractivity contribution in [1.82, 2.24) is 4.90 Å². The standard InChI is InChI=1S/C15H21N3O2/c16-12-6-8-18(10-12)15(19)20-14-7-9-17(11-14)13-4-2-1-3-5-13/h1-5,12,14H,6-11,16H2/t12-,14?/m1/s1. The molecule has 2 saturated heterocycles. The predicted octanol–water partition coefficient (Wildman–Crippen LogP) is 1.43. The fraction of sp³-hybridized carbons (Fsp3) is 0.533. The second-order valence-corrected chi connectivity index (χ2v) is 5.57. The van der Waals surface area contributed by atoms with Gasteiger partial charge in [0.05, 0.1) is 6.54 Å². The van der Waals surface area contributed by atoms with Gasteiger partial charge >= 0.3 is 6.09 Å². The van der Waals surface area contributed by atoms with E-state index in [2.05, 4.69) is 17.0 Å². The van der Waals surface area contributed by atoms with Crippen LogP contribution in [0.5, 0.6) is 0 Å². The summed E-state index contributed by atoms with van der Waals surface area (Å²) >= 11 is 0. The van der Waals surface area contributed by atoms with Crippen molar-refractivity contribution < 1.29 is 9.53 Å². The lowest BCUT2D eigenvalue weighted by atomic mass is 10.3. The molecular formula is C15H21N3O2. The van der Waals surface area contributed by atoms with E-state index < -0.39 is 0 Å². The minimum Gasteiger partial charge on any atom is -0.444 e. The number of hydrogen-bond acceptors (Lipinski definition) is 4. The summed E-state index contributed by atoms with van der Waals surface area (Å²) in [5, 5.41) is 0. The summed E-state index contributed by atoms with van der Waals surface area (Å²) in [6.45, 7) is 3.04. The number of ether oxygens (including phenoxy) is 1. The van der Waals surface area contributed by atoms with Gasteiger partial charge in [-0.3, -0.25) is 0 Å². The topological polar surface area (TPSA) is 58.8 Å². The monoisotopic (exact) mass is 275 g/mol. The maximum Gasteiger partial charge on any atom is 0.410 e. The molecule has 1 unspecified atom stereocenters. The summed E-state index contributed by atoms with van der Waals surface area (Å²) < 4.78 is 5.59. The number of rotatable bonds is 2. The molecule has 20 heavy (non-hydrogen) atoms. The minimum atomic E-state index is -0.210. The Morgan fingerprint density at radius 3 is 2.65 bits per heavy atom. The van der Waals surface area contributed by atoms with E-state index in [1.165, 1.54) is 5.69 Å². The highest BCUT2D eigenvalue weighted by atomic mass is 16.6. The van der Waals surface area contributed by atoms with Crippen LogP contribution in [-0.2, 0) is 4.74 Å². The van der Waals surface area contributed by atoms with E-state index >= 15 is 0 Å². The van der Waals surface area contributed by atoms with Crippen molar-refractivity contribution in [1.29, 1.82) is 0 Å². The van der Waals surface area contributed by atoms with E-state index in [1.807, 2.05) is 18.2 Å². The molecule has 2 fully saturated rings. The van der Waals surface area contributed by atoms with Gasteiger partial charge in [-0.1, -0.05) is 18.2 Å². The van der Waals surface area contributed by atoms with Gasteiger partial charge in [0.2, 0.25) is 0 Å². The van der Waals surface area contributed by atoms with Crippen LogP contribution in [0.25, 0.3) is 0 Å². The molecule has 5 heteroatoms. The molecule has 3 rings (SSSR count). The van der Waals surface area contributed by atoms with Crippen LogP contribution in [0.4, 0.5) is 10.5 Å². The van der Waals surface area contributed by atoms with Gasteiger partial charge in [-0.25, -0.2) is 4.79 Å². The number of likely N-dealkylation sites (tertiary alicyclic amines) is 1. The van der Waals surface area contributed by atoms with Crippen LogP contribution in [0.15, 0.2) is 30.3 Å². The second kappa shape index (κ2) is 5.71. The van der Waals surface area contributed by atoms with Crippen molar-refractivity contribution in [2.75, 3.05) is 31.1 Å². The number of benzene rings is 1. The molecule has 0 radical (unpaired) electrons. The first-order valence-corrected chi connectivity index (χ1v) is 7.23. The zero-order chi connectivity index (χ0) is 13.9. The van der Waals surface area contributed by atoms with Crippen molar-refractivity contribution in [2.24, 2.45) is 5.73 Å².